The highest BCUT2D eigenvalue weighted by Gasteiger charge is 2.26. The maximum absolute atomic E-state index is 13.0. The van der Waals surface area contributed by atoms with E-state index in [1.54, 1.807) is 22.2 Å². The molecule has 0 atom stereocenters. The van der Waals surface area contributed by atoms with E-state index in [0.717, 1.165) is 24.2 Å². The highest BCUT2D eigenvalue weighted by Crippen LogP contribution is 2.22. The summed E-state index contributed by atoms with van der Waals surface area (Å²) in [5, 5.41) is 6.91. The molecule has 146 valence electrons. The summed E-state index contributed by atoms with van der Waals surface area (Å²) in [5.74, 6) is 0.306. The average Bonchev–Trinajstić information content (AvgIpc) is 3.30. The number of hydrogen-bond acceptors (Lipinski definition) is 5. The van der Waals surface area contributed by atoms with Crippen molar-refractivity contribution in [2.24, 2.45) is 0 Å². The minimum absolute atomic E-state index is 0.0233. The lowest BCUT2D eigenvalue weighted by Gasteiger charge is -2.31. The number of likely N-dealkylation sites (tertiary alicyclic amines) is 1. The van der Waals surface area contributed by atoms with Crippen LogP contribution in [0, 0.1) is 19.7 Å². The van der Waals surface area contributed by atoms with Crippen molar-refractivity contribution in [2.45, 2.75) is 32.8 Å². The molecule has 3 heterocycles. The molecule has 1 aliphatic rings. The molecule has 0 aliphatic carbocycles. The van der Waals surface area contributed by atoms with Gasteiger partial charge in [0.25, 0.3) is 5.91 Å². The van der Waals surface area contributed by atoms with E-state index in [2.05, 4.69) is 10.1 Å². The van der Waals surface area contributed by atoms with Crippen LogP contribution < -0.4 is 4.74 Å². The van der Waals surface area contributed by atoms with Gasteiger partial charge in [0, 0.05) is 37.0 Å². The molecule has 3 aromatic rings. The van der Waals surface area contributed by atoms with Crippen LogP contribution in [0.15, 0.2) is 35.7 Å². The summed E-state index contributed by atoms with van der Waals surface area (Å²) in [6, 6.07) is 8.01. The van der Waals surface area contributed by atoms with Crippen LogP contribution in [0.4, 0.5) is 4.39 Å². The number of aromatic nitrogens is 3. The van der Waals surface area contributed by atoms with E-state index in [1.165, 1.54) is 23.5 Å². The van der Waals surface area contributed by atoms with Gasteiger partial charge in [-0.3, -0.25) is 4.79 Å². The van der Waals surface area contributed by atoms with E-state index in [9.17, 15) is 9.18 Å². The first kappa shape index (κ1) is 18.6. The molecule has 0 N–H and O–H groups in total. The topological polar surface area (TPSA) is 60.2 Å². The second-order valence-electron chi connectivity index (χ2n) is 6.92. The Labute approximate surface area is 166 Å². The van der Waals surface area contributed by atoms with Crippen molar-refractivity contribution >= 4 is 17.2 Å². The van der Waals surface area contributed by atoms with Gasteiger partial charge >= 0.3 is 0 Å². The van der Waals surface area contributed by atoms with Crippen molar-refractivity contribution in [1.82, 2.24) is 19.7 Å². The number of carbonyl (C=O) groups excluding carboxylic acids is 1. The lowest BCUT2D eigenvalue weighted by molar-refractivity contribution is 0.0590. The molecular formula is C20H21FN4O2S. The van der Waals surface area contributed by atoms with E-state index in [0.29, 0.717) is 29.7 Å². The second kappa shape index (κ2) is 7.71. The second-order valence-corrected chi connectivity index (χ2v) is 7.75. The summed E-state index contributed by atoms with van der Waals surface area (Å²) < 4.78 is 20.6. The molecule has 1 aromatic carbocycles. The summed E-state index contributed by atoms with van der Waals surface area (Å²) in [6.45, 7) is 5.12. The molecule has 1 amide bonds. The third-order valence-corrected chi connectivity index (χ3v) is 5.56. The van der Waals surface area contributed by atoms with Gasteiger partial charge in [0.15, 0.2) is 0 Å². The number of ether oxygens (including phenoxy) is 1. The quantitative estimate of drug-likeness (QED) is 0.669. The normalized spacial score (nSPS) is 15.0. The fourth-order valence-corrected chi connectivity index (χ4v) is 4.13. The van der Waals surface area contributed by atoms with E-state index in [1.807, 2.05) is 24.8 Å². The number of carbonyl (C=O) groups is 1. The number of nitrogens with zero attached hydrogens (tertiary/aromatic N) is 4. The lowest BCUT2D eigenvalue weighted by atomic mass is 10.1. The van der Waals surface area contributed by atoms with Crippen LogP contribution in [0.1, 0.15) is 34.7 Å². The van der Waals surface area contributed by atoms with Crippen molar-refractivity contribution in [3.05, 3.63) is 58.6 Å². The molecule has 1 fully saturated rings. The summed E-state index contributed by atoms with van der Waals surface area (Å²) in [4.78, 5) is 19.1. The smallest absolute Gasteiger partial charge is 0.273 e. The molecule has 6 nitrogen and oxygen atoms in total. The molecule has 8 heteroatoms. The van der Waals surface area contributed by atoms with Crippen molar-refractivity contribution in [3.63, 3.8) is 0 Å². The predicted octanol–water partition coefficient (Wildman–Crippen LogP) is 3.77. The molecule has 2 aromatic heterocycles. The van der Waals surface area contributed by atoms with Crippen LogP contribution in [-0.4, -0.2) is 44.8 Å². The number of thiazole rings is 1. The van der Waals surface area contributed by atoms with Gasteiger partial charge in [-0.05, 0) is 44.2 Å². The predicted molar refractivity (Wildman–Crippen MR) is 105 cm³/mol. The van der Waals surface area contributed by atoms with Crippen LogP contribution in [0.5, 0.6) is 5.75 Å². The minimum Gasteiger partial charge on any atom is -0.490 e. The first-order valence-electron chi connectivity index (χ1n) is 9.20. The van der Waals surface area contributed by atoms with Crippen LogP contribution in [0.25, 0.3) is 5.13 Å². The van der Waals surface area contributed by atoms with Gasteiger partial charge in [0.1, 0.15) is 23.4 Å². The first-order chi connectivity index (χ1) is 13.5. The fraction of sp³-hybridized carbons (Fsp3) is 0.350. The Balaban J connectivity index is 1.36. The molecule has 4 rings (SSSR count). The number of benzene rings is 1. The number of amides is 1. The van der Waals surface area contributed by atoms with Gasteiger partial charge in [-0.2, -0.15) is 5.10 Å². The van der Waals surface area contributed by atoms with Crippen LogP contribution in [-0.2, 0) is 0 Å². The minimum atomic E-state index is -0.282. The zero-order valence-electron chi connectivity index (χ0n) is 15.8. The van der Waals surface area contributed by atoms with Crippen molar-refractivity contribution in [3.8, 4) is 10.9 Å². The van der Waals surface area contributed by atoms with E-state index >= 15 is 0 Å². The maximum atomic E-state index is 13.0. The van der Waals surface area contributed by atoms with Gasteiger partial charge < -0.3 is 9.64 Å². The zero-order valence-corrected chi connectivity index (χ0v) is 16.6. The van der Waals surface area contributed by atoms with Crippen LogP contribution in [0.2, 0.25) is 0 Å². The highest BCUT2D eigenvalue weighted by atomic mass is 32.1. The number of halogens is 1. The molecule has 28 heavy (non-hydrogen) atoms. The Morgan fingerprint density at radius 3 is 2.57 bits per heavy atom. The SMILES string of the molecule is Cc1cc(C)n(-c2nc(C(=O)N3CCC(Oc4ccc(F)cc4)CC3)cs2)n1. The summed E-state index contributed by atoms with van der Waals surface area (Å²) in [5.41, 5.74) is 2.36. The number of hydrogen-bond donors (Lipinski definition) is 0. The summed E-state index contributed by atoms with van der Waals surface area (Å²) >= 11 is 1.41. The van der Waals surface area contributed by atoms with E-state index in [-0.39, 0.29) is 17.8 Å². The monoisotopic (exact) mass is 400 g/mol. The standard InChI is InChI=1S/C20H21FN4O2S/c1-13-11-14(2)25(23-13)20-22-18(12-28-20)19(26)24-9-7-17(8-10-24)27-16-5-3-15(21)4-6-16/h3-6,11-12,17H,7-10H2,1-2H3. The van der Waals surface area contributed by atoms with E-state index in [4.69, 9.17) is 4.74 Å². The number of aryl methyl sites for hydroxylation is 2. The molecule has 0 radical (unpaired) electrons. The molecule has 0 bridgehead atoms. The van der Waals surface area contributed by atoms with Crippen LogP contribution in [0.3, 0.4) is 0 Å². The molecule has 1 aliphatic heterocycles. The Morgan fingerprint density at radius 2 is 1.93 bits per heavy atom. The maximum Gasteiger partial charge on any atom is 0.273 e. The van der Waals surface area contributed by atoms with Gasteiger partial charge in [0.2, 0.25) is 5.13 Å². The first-order valence-corrected chi connectivity index (χ1v) is 10.1. The third kappa shape index (κ3) is 3.91. The molecule has 1 saturated heterocycles. The van der Waals surface area contributed by atoms with Gasteiger partial charge in [-0.1, -0.05) is 0 Å². The number of piperidine rings is 1. The molecule has 0 spiro atoms. The van der Waals surface area contributed by atoms with Crippen molar-refractivity contribution < 1.29 is 13.9 Å². The van der Waals surface area contributed by atoms with Crippen molar-refractivity contribution in [1.29, 1.82) is 0 Å². The number of rotatable bonds is 4. The molecular weight excluding hydrogens is 379 g/mol. The van der Waals surface area contributed by atoms with Crippen LogP contribution >= 0.6 is 11.3 Å². The fourth-order valence-electron chi connectivity index (χ4n) is 3.33. The van der Waals surface area contributed by atoms with Crippen molar-refractivity contribution in [2.75, 3.05) is 13.1 Å². The Bertz CT molecular complexity index is 975. The van der Waals surface area contributed by atoms with Gasteiger partial charge in [0.05, 0.1) is 5.69 Å². The largest absolute Gasteiger partial charge is 0.490 e. The average molecular weight is 400 g/mol. The third-order valence-electron chi connectivity index (χ3n) is 4.75. The van der Waals surface area contributed by atoms with E-state index < -0.39 is 0 Å². The Kier molecular flexibility index (Phi) is 5.13. The summed E-state index contributed by atoms with van der Waals surface area (Å²) in [7, 11) is 0. The zero-order chi connectivity index (χ0) is 19.7. The molecule has 0 unspecified atom stereocenters. The lowest BCUT2D eigenvalue weighted by Crippen LogP contribution is -2.41. The summed E-state index contributed by atoms with van der Waals surface area (Å²) in [6.07, 6.45) is 1.49. The van der Waals surface area contributed by atoms with Gasteiger partial charge in [-0.25, -0.2) is 14.1 Å². The van der Waals surface area contributed by atoms with Gasteiger partial charge in [-0.15, -0.1) is 11.3 Å². The highest BCUT2D eigenvalue weighted by molar-refractivity contribution is 7.12. The Hall–Kier alpha value is -2.74. The molecule has 0 saturated carbocycles. The Morgan fingerprint density at radius 1 is 1.21 bits per heavy atom.